The number of amides is 2. The van der Waals surface area contributed by atoms with Crippen molar-refractivity contribution in [2.45, 2.75) is 72.2 Å². The molecule has 0 radical (unpaired) electrons. The van der Waals surface area contributed by atoms with Gasteiger partial charge in [-0.3, -0.25) is 9.59 Å². The van der Waals surface area contributed by atoms with E-state index in [9.17, 15) is 19.2 Å². The van der Waals surface area contributed by atoms with Crippen LogP contribution in [0.4, 0.5) is 9.59 Å². The number of benzene rings is 4. The summed E-state index contributed by atoms with van der Waals surface area (Å²) in [6.07, 6.45) is 0.600. The van der Waals surface area contributed by atoms with Crippen LogP contribution in [0.15, 0.2) is 129 Å². The van der Waals surface area contributed by atoms with Gasteiger partial charge < -0.3 is 19.3 Å². The third-order valence-corrected chi connectivity index (χ3v) is 10.3. The maximum atomic E-state index is 13.1. The van der Waals surface area contributed by atoms with Crippen LogP contribution >= 0.6 is 23.5 Å². The lowest BCUT2D eigenvalue weighted by atomic mass is 9.74. The van der Waals surface area contributed by atoms with Crippen molar-refractivity contribution in [3.05, 3.63) is 120 Å². The van der Waals surface area contributed by atoms with Crippen LogP contribution < -0.4 is 0 Å². The molecule has 0 N–H and O–H groups in total. The van der Waals surface area contributed by atoms with Gasteiger partial charge in [0.05, 0.1) is 11.8 Å². The van der Waals surface area contributed by atoms with Crippen molar-refractivity contribution in [2.24, 2.45) is 11.8 Å². The van der Waals surface area contributed by atoms with E-state index in [-0.39, 0.29) is 13.1 Å². The number of rotatable bonds is 14. The molecule has 1 saturated carbocycles. The van der Waals surface area contributed by atoms with Crippen LogP contribution in [-0.4, -0.2) is 47.0 Å². The van der Waals surface area contributed by atoms with Crippen LogP contribution in [0.2, 0.25) is 0 Å². The molecule has 0 saturated heterocycles. The van der Waals surface area contributed by atoms with Crippen LogP contribution in [0.3, 0.4) is 0 Å². The average molecular weight is 711 g/mol. The number of esters is 2. The van der Waals surface area contributed by atoms with E-state index in [0.717, 1.165) is 30.7 Å². The Labute approximate surface area is 302 Å². The van der Waals surface area contributed by atoms with E-state index in [1.807, 2.05) is 123 Å². The molecule has 2 atom stereocenters. The third kappa shape index (κ3) is 10.5. The first-order valence-electron chi connectivity index (χ1n) is 17.0. The van der Waals surface area contributed by atoms with Crippen LogP contribution in [-0.2, 0) is 32.2 Å². The fraction of sp³-hybridized carbons (Fsp3) is 0.300. The second-order valence-corrected chi connectivity index (χ2v) is 14.4. The SMILES string of the molecule is CCCN(Cc1ccc(Sc2ccccc2)cc1)C(=O)OC(=O)C1CCC1C(=O)OC(=O)N(CCC)Cc1ccc(Sc2ccccc2)cc1. The Morgan fingerprint density at radius 1 is 0.540 bits per heavy atom. The molecule has 0 bridgehead atoms. The zero-order valence-corrected chi connectivity index (χ0v) is 30.0. The molecule has 0 aromatic heterocycles. The van der Waals surface area contributed by atoms with Gasteiger partial charge in [-0.15, -0.1) is 0 Å². The lowest BCUT2D eigenvalue weighted by molar-refractivity contribution is -0.161. The number of hydrogen-bond donors (Lipinski definition) is 0. The van der Waals surface area contributed by atoms with Crippen molar-refractivity contribution in [3.63, 3.8) is 0 Å². The summed E-state index contributed by atoms with van der Waals surface area (Å²) in [5.74, 6) is -3.23. The molecule has 0 heterocycles. The molecule has 2 amide bonds. The van der Waals surface area contributed by atoms with Gasteiger partial charge in [0.15, 0.2) is 0 Å². The van der Waals surface area contributed by atoms with Crippen molar-refractivity contribution >= 4 is 47.6 Å². The van der Waals surface area contributed by atoms with Crippen LogP contribution in [0.25, 0.3) is 0 Å². The van der Waals surface area contributed by atoms with Gasteiger partial charge >= 0.3 is 24.1 Å². The Morgan fingerprint density at radius 2 is 0.880 bits per heavy atom. The predicted molar refractivity (Wildman–Crippen MR) is 195 cm³/mol. The summed E-state index contributed by atoms with van der Waals surface area (Å²) in [6, 6.07) is 36.0. The minimum atomic E-state index is -0.841. The van der Waals surface area contributed by atoms with Gasteiger partial charge in [-0.2, -0.15) is 0 Å². The van der Waals surface area contributed by atoms with E-state index in [1.54, 1.807) is 23.5 Å². The summed E-state index contributed by atoms with van der Waals surface area (Å²) in [4.78, 5) is 59.7. The molecular formula is C40H42N2O6S2. The molecule has 260 valence electrons. The Kier molecular flexibility index (Phi) is 13.6. The summed E-state index contributed by atoms with van der Waals surface area (Å²) in [7, 11) is 0. The summed E-state index contributed by atoms with van der Waals surface area (Å²) < 4.78 is 10.6. The fourth-order valence-electron chi connectivity index (χ4n) is 5.54. The minimum absolute atomic E-state index is 0.280. The zero-order chi connectivity index (χ0) is 35.3. The van der Waals surface area contributed by atoms with Crippen molar-refractivity contribution in [3.8, 4) is 0 Å². The minimum Gasteiger partial charge on any atom is -0.376 e. The lowest BCUT2D eigenvalue weighted by Gasteiger charge is -2.33. The molecule has 4 aromatic rings. The van der Waals surface area contributed by atoms with Crippen molar-refractivity contribution in [1.29, 1.82) is 0 Å². The Hall–Kier alpha value is -4.54. The first-order valence-corrected chi connectivity index (χ1v) is 18.6. The zero-order valence-electron chi connectivity index (χ0n) is 28.4. The largest absolute Gasteiger partial charge is 0.417 e. The van der Waals surface area contributed by atoms with Crippen LogP contribution in [0.5, 0.6) is 0 Å². The molecule has 8 nitrogen and oxygen atoms in total. The first-order chi connectivity index (χ1) is 24.3. The van der Waals surface area contributed by atoms with Crippen LogP contribution in [0, 0.1) is 11.8 Å². The maximum Gasteiger partial charge on any atom is 0.417 e. The molecule has 1 fully saturated rings. The summed E-state index contributed by atoms with van der Waals surface area (Å²) in [6.45, 7) is 5.25. The highest BCUT2D eigenvalue weighted by Crippen LogP contribution is 2.37. The topological polar surface area (TPSA) is 93.2 Å². The van der Waals surface area contributed by atoms with Gasteiger partial charge in [-0.1, -0.05) is 98.0 Å². The Bertz CT molecular complexity index is 1590. The third-order valence-electron chi connectivity index (χ3n) is 8.31. The van der Waals surface area contributed by atoms with E-state index < -0.39 is 36.0 Å². The van der Waals surface area contributed by atoms with Crippen molar-refractivity contribution < 1.29 is 28.7 Å². The number of nitrogens with zero attached hydrogens (tertiary/aromatic N) is 2. The standard InChI is InChI=1S/C40H42N2O6S2/c1-3-25-41(27-29-15-19-33(20-16-29)49-31-11-7-5-8-12-31)39(45)47-37(43)35-23-24-36(35)38(44)48-40(46)42(26-4-2)28-30-17-21-34(22-18-30)50-32-13-9-6-10-14-32/h5-22,35-36H,3-4,23-28H2,1-2H3. The molecule has 0 aliphatic heterocycles. The van der Waals surface area contributed by atoms with Gasteiger partial charge in [0.25, 0.3) is 0 Å². The summed E-state index contributed by atoms with van der Waals surface area (Å²) >= 11 is 3.30. The highest BCUT2D eigenvalue weighted by Gasteiger charge is 2.45. The van der Waals surface area contributed by atoms with E-state index in [0.29, 0.717) is 38.8 Å². The number of hydrogen-bond acceptors (Lipinski definition) is 8. The molecular weight excluding hydrogens is 669 g/mol. The van der Waals surface area contributed by atoms with Gasteiger partial charge in [-0.25, -0.2) is 9.59 Å². The number of carbonyl (C=O) groups is 4. The van der Waals surface area contributed by atoms with E-state index in [4.69, 9.17) is 9.47 Å². The molecule has 10 heteroatoms. The van der Waals surface area contributed by atoms with E-state index in [2.05, 4.69) is 0 Å². The highest BCUT2D eigenvalue weighted by atomic mass is 32.2. The second-order valence-electron chi connectivity index (χ2n) is 12.1. The van der Waals surface area contributed by atoms with E-state index >= 15 is 0 Å². The van der Waals surface area contributed by atoms with Crippen molar-refractivity contribution in [1.82, 2.24) is 9.80 Å². The van der Waals surface area contributed by atoms with Crippen LogP contribution in [0.1, 0.15) is 50.7 Å². The molecule has 2 unspecified atom stereocenters. The fourth-order valence-corrected chi connectivity index (χ4v) is 7.22. The molecule has 50 heavy (non-hydrogen) atoms. The maximum absolute atomic E-state index is 13.1. The molecule has 4 aromatic carbocycles. The van der Waals surface area contributed by atoms with Gasteiger partial charge in [-0.05, 0) is 85.3 Å². The van der Waals surface area contributed by atoms with Gasteiger partial charge in [0.1, 0.15) is 0 Å². The van der Waals surface area contributed by atoms with Gasteiger partial charge in [0, 0.05) is 45.8 Å². The lowest BCUT2D eigenvalue weighted by Crippen LogP contribution is -2.44. The number of carbonyl (C=O) groups excluding carboxylic acids is 4. The van der Waals surface area contributed by atoms with Gasteiger partial charge in [0.2, 0.25) is 0 Å². The highest BCUT2D eigenvalue weighted by molar-refractivity contribution is 7.99. The smallest absolute Gasteiger partial charge is 0.376 e. The Balaban J connectivity index is 1.11. The number of ether oxygens (including phenoxy) is 2. The molecule has 0 spiro atoms. The predicted octanol–water partition coefficient (Wildman–Crippen LogP) is 9.47. The molecule has 1 aliphatic rings. The summed E-state index contributed by atoms with van der Waals surface area (Å²) in [5, 5.41) is 0. The second kappa shape index (κ2) is 18.5. The Morgan fingerprint density at radius 3 is 1.20 bits per heavy atom. The van der Waals surface area contributed by atoms with E-state index in [1.165, 1.54) is 9.80 Å². The monoisotopic (exact) mass is 710 g/mol. The summed E-state index contributed by atoms with van der Waals surface area (Å²) in [5.41, 5.74) is 1.81. The normalized spacial score (nSPS) is 15.0. The average Bonchev–Trinajstić information content (AvgIpc) is 3.10. The molecule has 5 rings (SSSR count). The molecule has 1 aliphatic carbocycles. The first kappa shape index (κ1) is 36.7. The van der Waals surface area contributed by atoms with Crippen molar-refractivity contribution in [2.75, 3.05) is 13.1 Å². The quantitative estimate of drug-likeness (QED) is 0.0944.